The zero-order chi connectivity index (χ0) is 17.9. The Bertz CT molecular complexity index is 715. The largest absolute Gasteiger partial charge is 0.481 e. The fourth-order valence-electron chi connectivity index (χ4n) is 8.00. The second-order valence-electron chi connectivity index (χ2n) is 9.57. The van der Waals surface area contributed by atoms with Crippen LogP contribution in [0.4, 0.5) is 0 Å². The van der Waals surface area contributed by atoms with Crippen molar-refractivity contribution in [2.45, 2.75) is 57.7 Å². The molecule has 5 rings (SSSR count). The molecule has 5 nitrogen and oxygen atoms in total. The molecule has 1 spiro atoms. The molecule has 0 aromatic rings. The number of carbonyl (C=O) groups is 2. The SMILES string of the molecule is C=C1C[C@]23C[C@H]1CC[C@H]2[C@@]12OC(=O)[C@@](C)([C@H]1[C@@H]3C(=O)O)[C@@H](O)C[C@@H]2C. The van der Waals surface area contributed by atoms with Gasteiger partial charge in [-0.15, -0.1) is 0 Å². The Balaban J connectivity index is 1.78. The topological polar surface area (TPSA) is 83.8 Å². The fourth-order valence-corrected chi connectivity index (χ4v) is 8.00. The number of aliphatic carboxylic acids is 1. The van der Waals surface area contributed by atoms with Crippen LogP contribution in [0, 0.1) is 40.4 Å². The summed E-state index contributed by atoms with van der Waals surface area (Å²) in [4.78, 5) is 25.4. The number of carboxylic acid groups (broad SMARTS) is 1. The Morgan fingerprint density at radius 3 is 2.76 bits per heavy atom. The molecule has 2 N–H and O–H groups in total. The lowest BCUT2D eigenvalue weighted by Gasteiger charge is -2.48. The van der Waals surface area contributed by atoms with E-state index in [4.69, 9.17) is 4.74 Å². The fraction of sp³-hybridized carbons (Fsp3) is 0.800. The molecule has 25 heavy (non-hydrogen) atoms. The lowest BCUT2D eigenvalue weighted by Crippen LogP contribution is -2.57. The predicted molar refractivity (Wildman–Crippen MR) is 88.4 cm³/mol. The molecular formula is C20H26O5. The summed E-state index contributed by atoms with van der Waals surface area (Å²) in [7, 11) is 0. The lowest BCUT2D eigenvalue weighted by molar-refractivity contribution is -0.164. The van der Waals surface area contributed by atoms with E-state index in [0.717, 1.165) is 25.7 Å². The normalized spacial score (nSPS) is 58.7. The molecule has 0 aromatic carbocycles. The van der Waals surface area contributed by atoms with Crippen LogP contribution in [0.5, 0.6) is 0 Å². The van der Waals surface area contributed by atoms with Crippen LogP contribution in [0.2, 0.25) is 0 Å². The summed E-state index contributed by atoms with van der Waals surface area (Å²) in [5, 5.41) is 21.0. The second-order valence-corrected chi connectivity index (χ2v) is 9.57. The average Bonchev–Trinajstić information content (AvgIpc) is 3.01. The minimum absolute atomic E-state index is 0.0244. The van der Waals surface area contributed by atoms with E-state index in [1.165, 1.54) is 5.57 Å². The van der Waals surface area contributed by atoms with Gasteiger partial charge in [0.15, 0.2) is 0 Å². The van der Waals surface area contributed by atoms with Crippen LogP contribution in [-0.2, 0) is 14.3 Å². The van der Waals surface area contributed by atoms with Crippen LogP contribution < -0.4 is 0 Å². The zero-order valence-electron chi connectivity index (χ0n) is 14.8. The molecule has 5 fully saturated rings. The first kappa shape index (κ1) is 15.9. The molecule has 9 atom stereocenters. The number of esters is 1. The van der Waals surface area contributed by atoms with Gasteiger partial charge in [-0.3, -0.25) is 9.59 Å². The summed E-state index contributed by atoms with van der Waals surface area (Å²) in [6.07, 6.45) is 3.15. The molecule has 4 saturated carbocycles. The number of ether oxygens (including phenoxy) is 1. The minimum atomic E-state index is -1.11. The van der Waals surface area contributed by atoms with Crippen LogP contribution in [0.25, 0.3) is 0 Å². The van der Waals surface area contributed by atoms with Crippen LogP contribution in [0.3, 0.4) is 0 Å². The second kappa shape index (κ2) is 4.30. The quantitative estimate of drug-likeness (QED) is 0.562. The highest BCUT2D eigenvalue weighted by Gasteiger charge is 2.84. The maximum Gasteiger partial charge on any atom is 0.315 e. The van der Waals surface area contributed by atoms with Gasteiger partial charge in [0, 0.05) is 11.8 Å². The number of hydrogen-bond acceptors (Lipinski definition) is 4. The first-order valence-electron chi connectivity index (χ1n) is 9.51. The van der Waals surface area contributed by atoms with Gasteiger partial charge in [0.25, 0.3) is 0 Å². The van der Waals surface area contributed by atoms with Crippen molar-refractivity contribution in [3.63, 3.8) is 0 Å². The van der Waals surface area contributed by atoms with E-state index in [1.54, 1.807) is 6.92 Å². The van der Waals surface area contributed by atoms with Crippen LogP contribution in [0.1, 0.15) is 46.0 Å². The number of fused-ring (bicyclic) bond motifs is 1. The van der Waals surface area contributed by atoms with E-state index in [2.05, 4.69) is 6.58 Å². The van der Waals surface area contributed by atoms with Gasteiger partial charge in [-0.1, -0.05) is 19.1 Å². The van der Waals surface area contributed by atoms with Gasteiger partial charge >= 0.3 is 11.9 Å². The van der Waals surface area contributed by atoms with Crippen molar-refractivity contribution in [2.24, 2.45) is 40.4 Å². The Morgan fingerprint density at radius 2 is 2.08 bits per heavy atom. The van der Waals surface area contributed by atoms with Crippen molar-refractivity contribution in [3.05, 3.63) is 12.2 Å². The monoisotopic (exact) mass is 346 g/mol. The molecule has 5 aliphatic rings. The first-order valence-corrected chi connectivity index (χ1v) is 9.51. The van der Waals surface area contributed by atoms with E-state index in [9.17, 15) is 19.8 Å². The molecule has 1 heterocycles. The average molecular weight is 346 g/mol. The number of aliphatic hydroxyl groups excluding tert-OH is 1. The van der Waals surface area contributed by atoms with Gasteiger partial charge in [0.1, 0.15) is 5.60 Å². The van der Waals surface area contributed by atoms with Gasteiger partial charge in [0.05, 0.1) is 17.4 Å². The van der Waals surface area contributed by atoms with E-state index >= 15 is 0 Å². The van der Waals surface area contributed by atoms with Crippen molar-refractivity contribution in [1.82, 2.24) is 0 Å². The molecular weight excluding hydrogens is 320 g/mol. The number of carbonyl (C=O) groups excluding carboxylic acids is 1. The maximum atomic E-state index is 12.9. The highest BCUT2D eigenvalue weighted by Crippen LogP contribution is 2.78. The standard InChI is InChI=1S/C20H26O5/c1-9-7-19-8-11(9)4-5-12(19)20-10(2)6-13(21)18(3,17(24)25-20)15(20)14(19)16(22)23/h10-15,21H,1,4-8H2,2-3H3,(H,22,23)/t10-,11+,12+,13-,14+,15+,18+,19-,20+/m0/s1. The Labute approximate surface area is 147 Å². The highest BCUT2D eigenvalue weighted by molar-refractivity contribution is 5.85. The van der Waals surface area contributed by atoms with Crippen LogP contribution in [-0.4, -0.2) is 33.9 Å². The van der Waals surface area contributed by atoms with E-state index in [0.29, 0.717) is 12.3 Å². The third-order valence-electron chi connectivity index (χ3n) is 8.90. The predicted octanol–water partition coefficient (Wildman–Crippen LogP) is 2.38. The molecule has 4 bridgehead atoms. The number of hydrogen-bond donors (Lipinski definition) is 2. The summed E-state index contributed by atoms with van der Waals surface area (Å²) >= 11 is 0. The first-order chi connectivity index (χ1) is 11.7. The maximum absolute atomic E-state index is 12.9. The Hall–Kier alpha value is -1.36. The van der Waals surface area contributed by atoms with E-state index in [1.807, 2.05) is 6.92 Å². The van der Waals surface area contributed by atoms with Crippen molar-refractivity contribution < 1.29 is 24.5 Å². The number of aliphatic hydroxyl groups is 1. The van der Waals surface area contributed by atoms with Crippen molar-refractivity contribution in [1.29, 1.82) is 0 Å². The minimum Gasteiger partial charge on any atom is -0.481 e. The zero-order valence-corrected chi connectivity index (χ0v) is 14.8. The summed E-state index contributed by atoms with van der Waals surface area (Å²) < 4.78 is 6.12. The van der Waals surface area contributed by atoms with E-state index in [-0.39, 0.29) is 17.3 Å². The summed E-state index contributed by atoms with van der Waals surface area (Å²) in [5.74, 6) is -1.88. The third kappa shape index (κ3) is 1.41. The molecule has 0 unspecified atom stereocenters. The summed E-state index contributed by atoms with van der Waals surface area (Å²) in [5.41, 5.74) is -1.04. The van der Waals surface area contributed by atoms with Crippen molar-refractivity contribution >= 4 is 11.9 Å². The molecule has 1 aliphatic heterocycles. The van der Waals surface area contributed by atoms with E-state index < -0.39 is 40.9 Å². The molecule has 4 aliphatic carbocycles. The number of rotatable bonds is 1. The smallest absolute Gasteiger partial charge is 0.315 e. The molecule has 0 radical (unpaired) electrons. The lowest BCUT2D eigenvalue weighted by atomic mass is 9.55. The molecule has 136 valence electrons. The molecule has 1 saturated heterocycles. The van der Waals surface area contributed by atoms with Gasteiger partial charge in [-0.25, -0.2) is 0 Å². The van der Waals surface area contributed by atoms with Crippen molar-refractivity contribution in [3.8, 4) is 0 Å². The molecule has 0 amide bonds. The molecule has 5 heteroatoms. The van der Waals surface area contributed by atoms with Crippen LogP contribution in [0.15, 0.2) is 12.2 Å². The summed E-state index contributed by atoms with van der Waals surface area (Å²) in [6, 6.07) is 0. The number of carboxylic acids is 1. The van der Waals surface area contributed by atoms with Crippen LogP contribution >= 0.6 is 0 Å². The summed E-state index contributed by atoms with van der Waals surface area (Å²) in [6.45, 7) is 8.01. The van der Waals surface area contributed by atoms with Gasteiger partial charge in [0.2, 0.25) is 0 Å². The third-order valence-corrected chi connectivity index (χ3v) is 8.90. The number of allylic oxidation sites excluding steroid dienone is 1. The van der Waals surface area contributed by atoms with Gasteiger partial charge in [-0.2, -0.15) is 0 Å². The highest BCUT2D eigenvalue weighted by atomic mass is 16.6. The van der Waals surface area contributed by atoms with Crippen molar-refractivity contribution in [2.75, 3.05) is 0 Å². The van der Waals surface area contributed by atoms with Gasteiger partial charge in [-0.05, 0) is 56.3 Å². The Morgan fingerprint density at radius 1 is 1.36 bits per heavy atom. The molecule has 0 aromatic heterocycles. The van der Waals surface area contributed by atoms with Gasteiger partial charge < -0.3 is 14.9 Å². The Kier molecular flexibility index (Phi) is 2.73.